The number of rotatable bonds is 6. The van der Waals surface area contributed by atoms with Gasteiger partial charge in [-0.05, 0) is 13.8 Å². The molecule has 0 saturated heterocycles. The number of sulfone groups is 1. The Hall–Kier alpha value is -2.29. The molecule has 1 amide bonds. The van der Waals surface area contributed by atoms with Crippen molar-refractivity contribution in [1.29, 1.82) is 0 Å². The smallest absolute Gasteiger partial charge is 0.230 e. The number of hydrogen-bond acceptors (Lipinski definition) is 5. The maximum Gasteiger partial charge on any atom is 0.230 e. The maximum atomic E-state index is 13.4. The van der Waals surface area contributed by atoms with Crippen molar-refractivity contribution < 1.29 is 17.6 Å². The van der Waals surface area contributed by atoms with E-state index < -0.39 is 21.6 Å². The van der Waals surface area contributed by atoms with E-state index in [1.54, 1.807) is 27.0 Å². The quantitative estimate of drug-likeness (QED) is 0.775. The molecule has 2 rings (SSSR count). The van der Waals surface area contributed by atoms with Crippen LogP contribution in [0.3, 0.4) is 0 Å². The lowest BCUT2D eigenvalue weighted by Crippen LogP contribution is -2.37. The van der Waals surface area contributed by atoms with E-state index in [4.69, 9.17) is 0 Å². The summed E-state index contributed by atoms with van der Waals surface area (Å²) in [5.41, 5.74) is 1.56. The van der Waals surface area contributed by atoms with Crippen LogP contribution in [0.5, 0.6) is 0 Å². The van der Waals surface area contributed by atoms with Crippen LogP contribution in [0, 0.1) is 18.7 Å². The van der Waals surface area contributed by atoms with Gasteiger partial charge in [0.05, 0.1) is 41.4 Å². The molecule has 0 fully saturated rings. The Balaban J connectivity index is 2.34. The van der Waals surface area contributed by atoms with Crippen LogP contribution in [-0.2, 0) is 14.6 Å². The predicted molar refractivity (Wildman–Crippen MR) is 93.0 cm³/mol. The summed E-state index contributed by atoms with van der Waals surface area (Å²) in [4.78, 5) is 17.9. The molecule has 136 valence electrons. The summed E-state index contributed by atoms with van der Waals surface area (Å²) in [6, 6.07) is 1.29. The summed E-state index contributed by atoms with van der Waals surface area (Å²) in [6.45, 7) is 5.48. The van der Waals surface area contributed by atoms with E-state index in [0.717, 1.165) is 12.5 Å². The molecule has 0 bridgehead atoms. The predicted octanol–water partition coefficient (Wildman–Crippen LogP) is 1.75. The Morgan fingerprint density at radius 1 is 1.40 bits per heavy atom. The second-order valence-corrected chi connectivity index (χ2v) is 8.17. The number of halogens is 1. The molecule has 7 nitrogen and oxygen atoms in total. The van der Waals surface area contributed by atoms with E-state index in [2.05, 4.69) is 10.1 Å². The molecule has 0 radical (unpaired) electrons. The minimum absolute atomic E-state index is 0.219. The highest BCUT2D eigenvalue weighted by molar-refractivity contribution is 7.90. The van der Waals surface area contributed by atoms with Crippen molar-refractivity contribution in [2.24, 2.45) is 5.92 Å². The van der Waals surface area contributed by atoms with E-state index in [1.165, 1.54) is 21.8 Å². The molecule has 2 heterocycles. The Bertz CT molecular complexity index is 879. The van der Waals surface area contributed by atoms with Crippen LogP contribution in [-0.4, -0.2) is 47.6 Å². The van der Waals surface area contributed by atoms with Crippen LogP contribution in [0.15, 0.2) is 24.7 Å². The van der Waals surface area contributed by atoms with E-state index >= 15 is 0 Å². The van der Waals surface area contributed by atoms with Crippen LogP contribution in [0.1, 0.15) is 19.5 Å². The molecule has 0 spiro atoms. The highest BCUT2D eigenvalue weighted by atomic mass is 32.2. The third kappa shape index (κ3) is 4.62. The summed E-state index contributed by atoms with van der Waals surface area (Å²) in [7, 11) is -3.26. The number of amides is 1. The minimum Gasteiger partial charge on any atom is -0.309 e. The van der Waals surface area contributed by atoms with Gasteiger partial charge in [-0.1, -0.05) is 6.92 Å². The number of aromatic nitrogens is 3. The van der Waals surface area contributed by atoms with Crippen LogP contribution in [0.2, 0.25) is 0 Å². The first-order valence-electron chi connectivity index (χ1n) is 7.78. The molecule has 1 unspecified atom stereocenters. The van der Waals surface area contributed by atoms with Gasteiger partial charge in [0, 0.05) is 24.8 Å². The number of carbonyl (C=O) groups excluding carboxylic acids is 1. The van der Waals surface area contributed by atoms with Crippen LogP contribution >= 0.6 is 0 Å². The number of nitrogens with zero attached hydrogens (tertiary/aromatic N) is 4. The Labute approximate surface area is 146 Å². The van der Waals surface area contributed by atoms with E-state index in [-0.39, 0.29) is 11.7 Å². The van der Waals surface area contributed by atoms with Gasteiger partial charge < -0.3 is 4.90 Å². The molecule has 2 aromatic heterocycles. The first-order chi connectivity index (χ1) is 11.6. The van der Waals surface area contributed by atoms with Gasteiger partial charge in [-0.3, -0.25) is 9.78 Å². The first-order valence-corrected chi connectivity index (χ1v) is 9.84. The monoisotopic (exact) mass is 368 g/mol. The van der Waals surface area contributed by atoms with Crippen molar-refractivity contribution in [3.8, 4) is 5.69 Å². The molecule has 0 N–H and O–H groups in total. The van der Waals surface area contributed by atoms with Crippen molar-refractivity contribution in [2.75, 3.05) is 23.5 Å². The summed E-state index contributed by atoms with van der Waals surface area (Å²) in [5, 5.41) is 4.31. The normalized spacial score (nSPS) is 12.8. The van der Waals surface area contributed by atoms with Crippen molar-refractivity contribution in [3.63, 3.8) is 0 Å². The summed E-state index contributed by atoms with van der Waals surface area (Å²) in [6.07, 6.45) is 5.27. The second-order valence-electron chi connectivity index (χ2n) is 5.98. The van der Waals surface area contributed by atoms with Gasteiger partial charge >= 0.3 is 0 Å². The van der Waals surface area contributed by atoms with E-state index in [0.29, 0.717) is 23.6 Å². The zero-order valence-electron chi connectivity index (χ0n) is 14.6. The molecule has 0 aromatic carbocycles. The lowest BCUT2D eigenvalue weighted by molar-refractivity contribution is -0.121. The van der Waals surface area contributed by atoms with E-state index in [1.807, 2.05) is 0 Å². The summed E-state index contributed by atoms with van der Waals surface area (Å²) >= 11 is 0. The SMILES string of the molecule is CCN(C(=O)C(C)CS(C)(=O)=O)c1cn(-c2cncc(F)c2)nc1C. The van der Waals surface area contributed by atoms with Crippen molar-refractivity contribution in [1.82, 2.24) is 14.8 Å². The largest absolute Gasteiger partial charge is 0.309 e. The van der Waals surface area contributed by atoms with Gasteiger partial charge in [0.2, 0.25) is 5.91 Å². The highest BCUT2D eigenvalue weighted by Gasteiger charge is 2.26. The lowest BCUT2D eigenvalue weighted by atomic mass is 10.1. The van der Waals surface area contributed by atoms with Crippen molar-refractivity contribution in [3.05, 3.63) is 36.2 Å². The molecular formula is C16H21FN4O3S. The van der Waals surface area contributed by atoms with Gasteiger partial charge in [-0.15, -0.1) is 0 Å². The first kappa shape index (κ1) is 19.0. The number of anilines is 1. The Morgan fingerprint density at radius 3 is 2.64 bits per heavy atom. The molecule has 0 aliphatic carbocycles. The fourth-order valence-electron chi connectivity index (χ4n) is 2.61. The third-order valence-corrected chi connectivity index (χ3v) is 4.78. The van der Waals surface area contributed by atoms with Crippen molar-refractivity contribution in [2.45, 2.75) is 20.8 Å². The molecule has 0 aliphatic rings. The lowest BCUT2D eigenvalue weighted by Gasteiger charge is -2.23. The van der Waals surface area contributed by atoms with Gasteiger partial charge in [0.1, 0.15) is 15.7 Å². The molecule has 9 heteroatoms. The Morgan fingerprint density at radius 2 is 2.08 bits per heavy atom. The number of aryl methyl sites for hydroxylation is 1. The third-order valence-electron chi connectivity index (χ3n) is 3.68. The topological polar surface area (TPSA) is 85.2 Å². The highest BCUT2D eigenvalue weighted by Crippen LogP contribution is 2.23. The minimum atomic E-state index is -3.26. The molecule has 25 heavy (non-hydrogen) atoms. The standard InChI is InChI=1S/C16H21FN4O3S/c1-5-20(16(22)11(2)10-25(4,23)24)15-9-21(19-12(15)3)14-6-13(17)7-18-8-14/h6-9,11H,5,10H2,1-4H3. The second kappa shape index (κ2) is 7.30. The van der Waals surface area contributed by atoms with E-state index in [9.17, 15) is 17.6 Å². The number of pyridine rings is 1. The molecular weight excluding hydrogens is 347 g/mol. The van der Waals surface area contributed by atoms with Crippen LogP contribution < -0.4 is 4.90 Å². The van der Waals surface area contributed by atoms with Gasteiger partial charge in [-0.2, -0.15) is 5.10 Å². The fourth-order valence-corrected chi connectivity index (χ4v) is 3.66. The molecule has 0 aliphatic heterocycles. The number of hydrogen-bond donors (Lipinski definition) is 0. The molecule has 1 atom stereocenters. The van der Waals surface area contributed by atoms with Crippen LogP contribution in [0.4, 0.5) is 10.1 Å². The van der Waals surface area contributed by atoms with Crippen LogP contribution in [0.25, 0.3) is 5.69 Å². The average molecular weight is 368 g/mol. The summed E-state index contributed by atoms with van der Waals surface area (Å²) in [5.74, 6) is -1.68. The van der Waals surface area contributed by atoms with Gasteiger partial charge in [-0.25, -0.2) is 17.5 Å². The average Bonchev–Trinajstić information content (AvgIpc) is 2.88. The molecule has 0 saturated carbocycles. The summed E-state index contributed by atoms with van der Waals surface area (Å²) < 4.78 is 37.7. The van der Waals surface area contributed by atoms with Crippen molar-refractivity contribution >= 4 is 21.4 Å². The zero-order valence-corrected chi connectivity index (χ0v) is 15.4. The molecule has 2 aromatic rings. The fraction of sp³-hybridized carbons (Fsp3) is 0.438. The van der Waals surface area contributed by atoms with Gasteiger partial charge in [0.25, 0.3) is 0 Å². The van der Waals surface area contributed by atoms with Gasteiger partial charge in [0.15, 0.2) is 0 Å². The zero-order chi connectivity index (χ0) is 18.8. The maximum absolute atomic E-state index is 13.4. The Kier molecular flexibility index (Phi) is 5.56. The number of carbonyl (C=O) groups is 1.